The Kier molecular flexibility index (Phi) is 9.36. The number of allylic oxidation sites excluding steroid dienone is 1. The van der Waals surface area contributed by atoms with Gasteiger partial charge in [-0.1, -0.05) is 74.0 Å². The van der Waals surface area contributed by atoms with Crippen molar-refractivity contribution in [1.29, 1.82) is 0 Å². The Morgan fingerprint density at radius 3 is 2.39 bits per heavy atom. The molecule has 0 amide bonds. The van der Waals surface area contributed by atoms with Crippen LogP contribution in [0.4, 0.5) is 0 Å². The SMILES string of the molecule is CC(C)[C@@H](C)[C@@]1(C)CC[C@]2(C)[C@H]3CC[C@@H]4[C@@]5(COC[C@@]4(C)[C@@H](OCC(C)(C(C)C)N(C)C)[C@H](n4ncnc4Cl)C5)C3=CC[C@@]2(C)[C@@H]1C(=O)O. The second-order valence-corrected chi connectivity index (χ2v) is 19.6. The second kappa shape index (κ2) is 12.3. The van der Waals surface area contributed by atoms with Crippen LogP contribution in [0.1, 0.15) is 114 Å². The highest BCUT2D eigenvalue weighted by molar-refractivity contribution is 6.28. The summed E-state index contributed by atoms with van der Waals surface area (Å²) in [5, 5.41) is 16.2. The van der Waals surface area contributed by atoms with E-state index < -0.39 is 11.9 Å². The summed E-state index contributed by atoms with van der Waals surface area (Å²) in [7, 11) is 4.29. The Bertz CT molecular complexity index is 1450. The third-order valence-corrected chi connectivity index (χ3v) is 17.0. The Morgan fingerprint density at radius 1 is 1.12 bits per heavy atom. The zero-order valence-electron chi connectivity index (χ0n) is 32.5. The van der Waals surface area contributed by atoms with Crippen molar-refractivity contribution in [3.63, 3.8) is 0 Å². The lowest BCUT2D eigenvalue weighted by molar-refractivity contribution is -0.255. The van der Waals surface area contributed by atoms with Crippen LogP contribution in [0, 0.1) is 62.6 Å². The van der Waals surface area contributed by atoms with E-state index in [1.54, 1.807) is 6.33 Å². The minimum Gasteiger partial charge on any atom is -0.481 e. The highest BCUT2D eigenvalue weighted by Crippen LogP contribution is 2.75. The molecule has 4 aliphatic carbocycles. The third-order valence-electron chi connectivity index (χ3n) is 16.8. The summed E-state index contributed by atoms with van der Waals surface area (Å²) in [4.78, 5) is 20.1. The molecule has 4 fully saturated rings. The van der Waals surface area contributed by atoms with E-state index in [1.165, 1.54) is 5.57 Å². The van der Waals surface area contributed by atoms with Crippen LogP contribution in [0.5, 0.6) is 0 Å². The molecule has 1 N–H and O–H groups in total. The average Bonchev–Trinajstić information content (AvgIpc) is 3.45. The van der Waals surface area contributed by atoms with Crippen LogP contribution in [0.15, 0.2) is 18.0 Å². The summed E-state index contributed by atoms with van der Waals surface area (Å²) in [5.41, 5.74) is 0.144. The maximum absolute atomic E-state index is 13.5. The molecule has 0 aromatic carbocycles. The predicted molar refractivity (Wildman–Crippen MR) is 194 cm³/mol. The Hall–Kier alpha value is -1.48. The fourth-order valence-electron chi connectivity index (χ4n) is 12.7. The minimum absolute atomic E-state index is 0.104. The number of carbonyl (C=O) groups is 1. The van der Waals surface area contributed by atoms with Gasteiger partial charge in [0, 0.05) is 16.4 Å². The van der Waals surface area contributed by atoms with Gasteiger partial charge in [-0.3, -0.25) is 4.79 Å². The van der Waals surface area contributed by atoms with Gasteiger partial charge >= 0.3 is 5.97 Å². The van der Waals surface area contributed by atoms with Gasteiger partial charge in [-0.2, -0.15) is 5.10 Å². The van der Waals surface area contributed by atoms with Crippen molar-refractivity contribution in [2.75, 3.05) is 33.9 Å². The van der Waals surface area contributed by atoms with Crippen molar-refractivity contribution in [3.8, 4) is 0 Å². The molecule has 9 heteroatoms. The number of ether oxygens (including phenoxy) is 2. The summed E-state index contributed by atoms with van der Waals surface area (Å²) in [6, 6.07) is -0.104. The molecule has 2 heterocycles. The Labute approximate surface area is 301 Å². The molecule has 5 aliphatic rings. The number of aliphatic carboxylic acids is 1. The van der Waals surface area contributed by atoms with E-state index in [2.05, 4.69) is 99.3 Å². The van der Waals surface area contributed by atoms with E-state index in [1.807, 2.05) is 4.68 Å². The molecule has 1 saturated heterocycles. The van der Waals surface area contributed by atoms with Crippen LogP contribution in [0.3, 0.4) is 0 Å². The first-order valence-electron chi connectivity index (χ1n) is 19.1. The first-order chi connectivity index (χ1) is 22.7. The van der Waals surface area contributed by atoms with E-state index in [4.69, 9.17) is 26.2 Å². The van der Waals surface area contributed by atoms with Gasteiger partial charge in [-0.05, 0) is 117 Å². The first kappa shape index (κ1) is 37.3. The maximum atomic E-state index is 13.5. The van der Waals surface area contributed by atoms with Crippen LogP contribution >= 0.6 is 11.6 Å². The van der Waals surface area contributed by atoms with Gasteiger partial charge in [0.05, 0.1) is 37.9 Å². The molecule has 8 nitrogen and oxygen atoms in total. The Morgan fingerprint density at radius 2 is 1.82 bits per heavy atom. The van der Waals surface area contributed by atoms with Gasteiger partial charge in [0.15, 0.2) is 0 Å². The number of fused-ring (bicyclic) bond motifs is 3. The summed E-state index contributed by atoms with van der Waals surface area (Å²) in [6.45, 7) is 25.0. The quantitative estimate of drug-likeness (QED) is 0.259. The molecular weight excluding hydrogens is 636 g/mol. The molecular formula is C40H65ClN4O4. The molecule has 49 heavy (non-hydrogen) atoms. The number of hydrogen-bond donors (Lipinski definition) is 1. The molecule has 6 rings (SSSR count). The molecule has 0 radical (unpaired) electrons. The van der Waals surface area contributed by atoms with Crippen molar-refractivity contribution in [2.45, 2.75) is 125 Å². The topological polar surface area (TPSA) is 89.7 Å². The molecule has 2 bridgehead atoms. The molecule has 3 saturated carbocycles. The summed E-state index contributed by atoms with van der Waals surface area (Å²) in [6.07, 6.45) is 9.66. The largest absolute Gasteiger partial charge is 0.481 e. The van der Waals surface area contributed by atoms with Gasteiger partial charge in [0.1, 0.15) is 6.33 Å². The predicted octanol–water partition coefficient (Wildman–Crippen LogP) is 8.42. The molecule has 0 spiro atoms. The zero-order valence-corrected chi connectivity index (χ0v) is 33.2. The fourth-order valence-corrected chi connectivity index (χ4v) is 12.9. The van der Waals surface area contributed by atoms with Gasteiger partial charge < -0.3 is 19.5 Å². The van der Waals surface area contributed by atoms with Crippen LogP contribution < -0.4 is 0 Å². The summed E-state index contributed by atoms with van der Waals surface area (Å²) >= 11 is 6.82. The first-order valence-corrected chi connectivity index (χ1v) is 19.5. The van der Waals surface area contributed by atoms with Crippen molar-refractivity contribution in [2.24, 2.45) is 62.6 Å². The minimum atomic E-state index is -0.620. The van der Waals surface area contributed by atoms with E-state index >= 15 is 0 Å². The van der Waals surface area contributed by atoms with Gasteiger partial charge in [0.25, 0.3) is 0 Å². The lowest BCUT2D eigenvalue weighted by atomic mass is 9.34. The smallest absolute Gasteiger partial charge is 0.307 e. The second-order valence-electron chi connectivity index (χ2n) is 19.2. The lowest BCUT2D eigenvalue weighted by Gasteiger charge is -2.71. The highest BCUT2D eigenvalue weighted by Gasteiger charge is 2.72. The number of carboxylic acids is 1. The van der Waals surface area contributed by atoms with Crippen LogP contribution in [-0.4, -0.2) is 76.3 Å². The number of aromatic nitrogens is 3. The standard InChI is InChI=1S/C40H65ClN4O4/c1-24(2)26(5)35(6)17-18-37(8)27-13-14-30-36(7)20-48-22-40(30,28(27)15-16-38(37,9)31(35)33(46)47)19-29(45-34(41)42-23-43-45)32(36)49-21-39(10,25(3)4)44(11)12/h15,23-27,29-32H,13-14,16-22H2,1-12H3,(H,46,47)/t26-,27+,29-,30+,31-,32+,35-,36-,37-,38+,39?,40+/m1/s1. The van der Waals surface area contributed by atoms with Crippen molar-refractivity contribution in [1.82, 2.24) is 19.7 Å². The maximum Gasteiger partial charge on any atom is 0.307 e. The van der Waals surface area contributed by atoms with Crippen LogP contribution in [0.25, 0.3) is 0 Å². The summed E-state index contributed by atoms with van der Waals surface area (Å²) < 4.78 is 15.9. The molecule has 1 aromatic rings. The van der Waals surface area contributed by atoms with Crippen molar-refractivity contribution < 1.29 is 19.4 Å². The normalized spacial score (nSPS) is 43.8. The van der Waals surface area contributed by atoms with Crippen molar-refractivity contribution in [3.05, 3.63) is 23.3 Å². The molecule has 12 atom stereocenters. The van der Waals surface area contributed by atoms with Gasteiger partial charge in [0.2, 0.25) is 5.28 Å². The molecule has 1 unspecified atom stereocenters. The number of halogens is 1. The van der Waals surface area contributed by atoms with Gasteiger partial charge in [-0.25, -0.2) is 9.67 Å². The van der Waals surface area contributed by atoms with E-state index in [-0.39, 0.29) is 44.8 Å². The third kappa shape index (κ3) is 5.10. The van der Waals surface area contributed by atoms with E-state index in [0.717, 1.165) is 38.5 Å². The zero-order chi connectivity index (χ0) is 36.1. The fraction of sp³-hybridized carbons (Fsp3) is 0.875. The van der Waals surface area contributed by atoms with E-state index in [9.17, 15) is 9.90 Å². The lowest BCUT2D eigenvalue weighted by Crippen LogP contribution is -2.69. The molecule has 276 valence electrons. The average molecular weight is 701 g/mol. The highest BCUT2D eigenvalue weighted by atomic mass is 35.5. The number of rotatable bonds is 9. The summed E-state index contributed by atoms with van der Waals surface area (Å²) in [5.74, 6) is 0.784. The van der Waals surface area contributed by atoms with E-state index in [0.29, 0.717) is 54.7 Å². The van der Waals surface area contributed by atoms with Crippen molar-refractivity contribution >= 4 is 17.6 Å². The Balaban J connectivity index is 1.45. The number of hydrogen-bond acceptors (Lipinski definition) is 6. The molecule has 1 aliphatic heterocycles. The van der Waals surface area contributed by atoms with Crippen LogP contribution in [-0.2, 0) is 14.3 Å². The number of carboxylic acid groups (broad SMARTS) is 1. The monoisotopic (exact) mass is 700 g/mol. The number of nitrogens with zero attached hydrogens (tertiary/aromatic N) is 4. The van der Waals surface area contributed by atoms with Crippen LogP contribution in [0.2, 0.25) is 5.28 Å². The molecule has 1 aromatic heterocycles. The number of likely N-dealkylation sites (N-methyl/N-ethyl adjacent to an activating group) is 1. The van der Waals surface area contributed by atoms with Gasteiger partial charge in [-0.15, -0.1) is 0 Å².